The molecule has 0 saturated carbocycles. The lowest BCUT2D eigenvalue weighted by Crippen LogP contribution is -2.42. The highest BCUT2D eigenvalue weighted by Crippen LogP contribution is 2.11. The predicted molar refractivity (Wildman–Crippen MR) is 89.8 cm³/mol. The van der Waals surface area contributed by atoms with E-state index in [4.69, 9.17) is 5.11 Å². The van der Waals surface area contributed by atoms with Gasteiger partial charge in [-0.1, -0.05) is 25.0 Å². The molecule has 130 valence electrons. The summed E-state index contributed by atoms with van der Waals surface area (Å²) in [6.45, 7) is 1.17. The fourth-order valence-corrected chi connectivity index (χ4v) is 2.82. The number of rotatable bonds is 6. The van der Waals surface area contributed by atoms with Gasteiger partial charge in [0.25, 0.3) is 0 Å². The van der Waals surface area contributed by atoms with Crippen LogP contribution in [-0.2, 0) is 16.0 Å². The molecular weight excluding hydrogens is 308 g/mol. The summed E-state index contributed by atoms with van der Waals surface area (Å²) in [7, 11) is 0. The van der Waals surface area contributed by atoms with Crippen molar-refractivity contribution in [2.24, 2.45) is 0 Å². The lowest BCUT2D eigenvalue weighted by molar-refractivity contribution is -0.136. The van der Waals surface area contributed by atoms with Gasteiger partial charge in [-0.2, -0.15) is 0 Å². The number of carboxylic acids is 1. The molecule has 0 aromatic heterocycles. The third-order valence-electron chi connectivity index (χ3n) is 4.17. The molecule has 24 heavy (non-hydrogen) atoms. The average molecular weight is 332 g/mol. The van der Waals surface area contributed by atoms with E-state index >= 15 is 0 Å². The van der Waals surface area contributed by atoms with Crippen molar-refractivity contribution in [1.82, 2.24) is 10.2 Å². The first kappa shape index (κ1) is 18.0. The van der Waals surface area contributed by atoms with E-state index in [0.717, 1.165) is 31.2 Å². The number of hydrogen-bond acceptors (Lipinski definition) is 3. The van der Waals surface area contributed by atoms with Gasteiger partial charge in [0.15, 0.2) is 0 Å². The molecule has 0 aliphatic carbocycles. The summed E-state index contributed by atoms with van der Waals surface area (Å²) in [6, 6.07) is 6.67. The summed E-state index contributed by atoms with van der Waals surface area (Å²) in [4.78, 5) is 36.6. The molecular formula is C18H24N2O4. The molecule has 0 radical (unpaired) electrons. The van der Waals surface area contributed by atoms with Crippen molar-refractivity contribution in [3.8, 4) is 0 Å². The minimum atomic E-state index is -0.962. The molecule has 1 aromatic rings. The Morgan fingerprint density at radius 3 is 2.75 bits per heavy atom. The zero-order valence-corrected chi connectivity index (χ0v) is 13.8. The summed E-state index contributed by atoms with van der Waals surface area (Å²) in [5, 5.41) is 11.8. The smallest absolute Gasteiger partial charge is 0.335 e. The first-order valence-corrected chi connectivity index (χ1v) is 8.43. The molecule has 1 fully saturated rings. The van der Waals surface area contributed by atoms with Crippen molar-refractivity contribution in [1.29, 1.82) is 0 Å². The Kier molecular flexibility index (Phi) is 6.78. The van der Waals surface area contributed by atoms with Crippen molar-refractivity contribution in [3.63, 3.8) is 0 Å². The standard InChI is InChI=1S/C18H24N2O4/c21-16(13-20-11-4-2-1-3-8-17(20)22)19-10-9-14-6-5-7-15(12-14)18(23)24/h5-7,12H,1-4,8-11,13H2,(H,19,21)(H,23,24). The molecule has 6 nitrogen and oxygen atoms in total. The Bertz CT molecular complexity index is 600. The van der Waals surface area contributed by atoms with E-state index in [1.165, 1.54) is 6.07 Å². The number of nitrogens with zero attached hydrogens (tertiary/aromatic N) is 1. The maximum atomic E-state index is 12.0. The minimum Gasteiger partial charge on any atom is -0.478 e. The Morgan fingerprint density at radius 1 is 1.17 bits per heavy atom. The molecule has 2 rings (SSSR count). The van der Waals surface area contributed by atoms with Crippen LogP contribution in [0.1, 0.15) is 48.0 Å². The zero-order chi connectivity index (χ0) is 17.4. The molecule has 2 N–H and O–H groups in total. The van der Waals surface area contributed by atoms with Gasteiger partial charge in [-0.05, 0) is 37.0 Å². The van der Waals surface area contributed by atoms with Gasteiger partial charge in [0.05, 0.1) is 12.1 Å². The van der Waals surface area contributed by atoms with Crippen LogP contribution in [0.3, 0.4) is 0 Å². The van der Waals surface area contributed by atoms with Crippen molar-refractivity contribution >= 4 is 17.8 Å². The molecule has 0 unspecified atom stereocenters. The monoisotopic (exact) mass is 332 g/mol. The molecule has 1 aliphatic heterocycles. The average Bonchev–Trinajstić information content (AvgIpc) is 2.55. The lowest BCUT2D eigenvalue weighted by atomic mass is 10.1. The summed E-state index contributed by atoms with van der Waals surface area (Å²) < 4.78 is 0. The number of amides is 2. The highest BCUT2D eigenvalue weighted by molar-refractivity contribution is 5.87. The van der Waals surface area contributed by atoms with Gasteiger partial charge in [-0.3, -0.25) is 9.59 Å². The number of likely N-dealkylation sites (tertiary alicyclic amines) is 1. The van der Waals surface area contributed by atoms with Crippen LogP contribution in [0.2, 0.25) is 0 Å². The quantitative estimate of drug-likeness (QED) is 0.832. The van der Waals surface area contributed by atoms with E-state index in [-0.39, 0.29) is 23.9 Å². The Balaban J connectivity index is 1.77. The summed E-state index contributed by atoms with van der Waals surface area (Å²) in [6.07, 6.45) is 5.11. The summed E-state index contributed by atoms with van der Waals surface area (Å²) in [5.74, 6) is -1.08. The number of carbonyl (C=O) groups is 3. The van der Waals surface area contributed by atoms with Crippen molar-refractivity contribution in [2.45, 2.75) is 38.5 Å². The van der Waals surface area contributed by atoms with Gasteiger partial charge in [0.2, 0.25) is 11.8 Å². The van der Waals surface area contributed by atoms with Crippen LogP contribution < -0.4 is 5.32 Å². The van der Waals surface area contributed by atoms with E-state index in [0.29, 0.717) is 25.9 Å². The van der Waals surface area contributed by atoms with Crippen LogP contribution in [0.25, 0.3) is 0 Å². The van der Waals surface area contributed by atoms with Gasteiger partial charge >= 0.3 is 5.97 Å². The number of hydrogen-bond donors (Lipinski definition) is 2. The molecule has 0 bridgehead atoms. The second-order valence-corrected chi connectivity index (χ2v) is 6.08. The SMILES string of the molecule is O=C(CN1CCCCCCC1=O)NCCc1cccc(C(=O)O)c1. The normalized spacial score (nSPS) is 15.5. The molecule has 0 atom stereocenters. The van der Waals surface area contributed by atoms with E-state index in [1.54, 1.807) is 17.0 Å². The molecule has 1 heterocycles. The second kappa shape index (κ2) is 9.05. The Hall–Kier alpha value is -2.37. The van der Waals surface area contributed by atoms with Crippen molar-refractivity contribution in [2.75, 3.05) is 19.6 Å². The zero-order valence-electron chi connectivity index (χ0n) is 13.8. The fraction of sp³-hybridized carbons (Fsp3) is 0.500. The third kappa shape index (κ3) is 5.68. The van der Waals surface area contributed by atoms with Crippen LogP contribution in [0.15, 0.2) is 24.3 Å². The number of carbonyl (C=O) groups excluding carboxylic acids is 2. The first-order valence-electron chi connectivity index (χ1n) is 8.43. The minimum absolute atomic E-state index is 0.0546. The van der Waals surface area contributed by atoms with Crippen molar-refractivity contribution < 1.29 is 19.5 Å². The van der Waals surface area contributed by atoms with E-state index in [2.05, 4.69) is 5.32 Å². The van der Waals surface area contributed by atoms with Crippen LogP contribution in [-0.4, -0.2) is 47.4 Å². The maximum absolute atomic E-state index is 12.0. The van der Waals surface area contributed by atoms with Gasteiger partial charge < -0.3 is 15.3 Å². The van der Waals surface area contributed by atoms with Crippen molar-refractivity contribution in [3.05, 3.63) is 35.4 Å². The number of carboxylic acid groups (broad SMARTS) is 1. The van der Waals surface area contributed by atoms with Gasteiger partial charge in [0, 0.05) is 19.5 Å². The lowest BCUT2D eigenvalue weighted by Gasteiger charge is -2.24. The molecule has 0 spiro atoms. The van der Waals surface area contributed by atoms with Crippen LogP contribution >= 0.6 is 0 Å². The predicted octanol–water partition coefficient (Wildman–Crippen LogP) is 1.84. The molecule has 6 heteroatoms. The molecule has 2 amide bonds. The topological polar surface area (TPSA) is 86.7 Å². The highest BCUT2D eigenvalue weighted by atomic mass is 16.4. The molecule has 1 aliphatic rings. The summed E-state index contributed by atoms with van der Waals surface area (Å²) >= 11 is 0. The van der Waals surface area contributed by atoms with Gasteiger partial charge in [0.1, 0.15) is 0 Å². The Morgan fingerprint density at radius 2 is 1.96 bits per heavy atom. The van der Waals surface area contributed by atoms with Crippen LogP contribution in [0.4, 0.5) is 0 Å². The fourth-order valence-electron chi connectivity index (χ4n) is 2.82. The van der Waals surface area contributed by atoms with E-state index in [1.807, 2.05) is 6.07 Å². The number of nitrogens with one attached hydrogen (secondary N) is 1. The largest absolute Gasteiger partial charge is 0.478 e. The highest BCUT2D eigenvalue weighted by Gasteiger charge is 2.18. The van der Waals surface area contributed by atoms with E-state index < -0.39 is 5.97 Å². The maximum Gasteiger partial charge on any atom is 0.335 e. The third-order valence-corrected chi connectivity index (χ3v) is 4.17. The number of aromatic carboxylic acids is 1. The number of benzene rings is 1. The molecule has 1 saturated heterocycles. The van der Waals surface area contributed by atoms with Gasteiger partial charge in [-0.15, -0.1) is 0 Å². The van der Waals surface area contributed by atoms with Gasteiger partial charge in [-0.25, -0.2) is 4.79 Å². The van der Waals surface area contributed by atoms with Crippen LogP contribution in [0, 0.1) is 0 Å². The van der Waals surface area contributed by atoms with E-state index in [9.17, 15) is 14.4 Å². The molecule has 1 aromatic carbocycles. The Labute approximate surface area is 141 Å². The first-order chi connectivity index (χ1) is 11.6. The second-order valence-electron chi connectivity index (χ2n) is 6.08. The summed E-state index contributed by atoms with van der Waals surface area (Å²) in [5.41, 5.74) is 1.10. The van der Waals surface area contributed by atoms with Crippen LogP contribution in [0.5, 0.6) is 0 Å².